The molecule has 0 saturated carbocycles. The summed E-state index contributed by atoms with van der Waals surface area (Å²) in [4.78, 5) is 21.4. The third-order valence-electron chi connectivity index (χ3n) is 3.48. The van der Waals surface area contributed by atoms with Gasteiger partial charge in [-0.15, -0.1) is 0 Å². The third kappa shape index (κ3) is 2.71. The molecule has 0 aromatic carbocycles. The standard InChI is InChI=1S/C15H17N3O2/c19-9-3-4-13-5-6-14(20-13)12-10-16-15(17-11-12)18-7-1-2-8-18/h5-6,9-11H,1-4,7-8H2. The van der Waals surface area contributed by atoms with E-state index >= 15 is 0 Å². The molecule has 104 valence electrons. The Bertz CT molecular complexity index is 571. The van der Waals surface area contributed by atoms with E-state index in [4.69, 9.17) is 4.42 Å². The summed E-state index contributed by atoms with van der Waals surface area (Å²) < 4.78 is 5.68. The normalized spacial score (nSPS) is 14.7. The average molecular weight is 271 g/mol. The van der Waals surface area contributed by atoms with Gasteiger partial charge in [-0.1, -0.05) is 0 Å². The number of aldehydes is 1. The fourth-order valence-corrected chi connectivity index (χ4v) is 2.40. The maximum absolute atomic E-state index is 10.4. The van der Waals surface area contributed by atoms with Crippen molar-refractivity contribution < 1.29 is 9.21 Å². The molecule has 1 aliphatic rings. The molecule has 0 aliphatic carbocycles. The second-order valence-corrected chi connectivity index (χ2v) is 4.94. The van der Waals surface area contributed by atoms with Crippen molar-refractivity contribution in [3.63, 3.8) is 0 Å². The van der Waals surface area contributed by atoms with E-state index in [1.807, 2.05) is 12.1 Å². The summed E-state index contributed by atoms with van der Waals surface area (Å²) in [6.07, 6.45) is 8.03. The summed E-state index contributed by atoms with van der Waals surface area (Å²) in [6, 6.07) is 3.79. The number of rotatable bonds is 5. The molecule has 1 saturated heterocycles. The van der Waals surface area contributed by atoms with Crippen LogP contribution in [0.5, 0.6) is 0 Å². The molecule has 5 nitrogen and oxygen atoms in total. The first-order valence-corrected chi connectivity index (χ1v) is 6.96. The highest BCUT2D eigenvalue weighted by atomic mass is 16.3. The Morgan fingerprint density at radius 3 is 2.65 bits per heavy atom. The van der Waals surface area contributed by atoms with Crippen molar-refractivity contribution in [3.05, 3.63) is 30.3 Å². The molecule has 1 aliphatic heterocycles. The number of hydrogen-bond acceptors (Lipinski definition) is 5. The molecular formula is C15H17N3O2. The number of aromatic nitrogens is 2. The van der Waals surface area contributed by atoms with Gasteiger partial charge in [-0.05, 0) is 25.0 Å². The fourth-order valence-electron chi connectivity index (χ4n) is 2.40. The quantitative estimate of drug-likeness (QED) is 0.782. The van der Waals surface area contributed by atoms with Crippen LogP contribution in [0, 0.1) is 0 Å². The van der Waals surface area contributed by atoms with Gasteiger partial charge < -0.3 is 14.1 Å². The maximum atomic E-state index is 10.4. The van der Waals surface area contributed by atoms with Crippen LogP contribution >= 0.6 is 0 Å². The molecule has 0 amide bonds. The second-order valence-electron chi connectivity index (χ2n) is 4.94. The number of carbonyl (C=O) groups is 1. The van der Waals surface area contributed by atoms with Gasteiger partial charge >= 0.3 is 0 Å². The molecule has 0 spiro atoms. The lowest BCUT2D eigenvalue weighted by Crippen LogP contribution is -2.20. The van der Waals surface area contributed by atoms with Crippen LogP contribution in [-0.4, -0.2) is 29.3 Å². The predicted molar refractivity (Wildman–Crippen MR) is 75.6 cm³/mol. The van der Waals surface area contributed by atoms with Crippen LogP contribution in [0.3, 0.4) is 0 Å². The Labute approximate surface area is 117 Å². The molecule has 3 heterocycles. The molecule has 0 unspecified atom stereocenters. The zero-order valence-electron chi connectivity index (χ0n) is 11.3. The minimum atomic E-state index is 0.483. The van der Waals surface area contributed by atoms with E-state index < -0.39 is 0 Å². The number of nitrogens with zero attached hydrogens (tertiary/aromatic N) is 3. The van der Waals surface area contributed by atoms with Crippen LogP contribution in [0.2, 0.25) is 0 Å². The van der Waals surface area contributed by atoms with Crippen LogP contribution in [0.4, 0.5) is 5.95 Å². The molecule has 2 aromatic rings. The van der Waals surface area contributed by atoms with E-state index in [1.54, 1.807) is 12.4 Å². The van der Waals surface area contributed by atoms with Gasteiger partial charge in [0.05, 0.1) is 5.56 Å². The summed E-state index contributed by atoms with van der Waals surface area (Å²) in [5.74, 6) is 2.36. The lowest BCUT2D eigenvalue weighted by Gasteiger charge is -2.14. The zero-order chi connectivity index (χ0) is 13.8. The molecule has 20 heavy (non-hydrogen) atoms. The highest BCUT2D eigenvalue weighted by molar-refractivity contribution is 5.56. The molecule has 2 aromatic heterocycles. The van der Waals surface area contributed by atoms with E-state index in [9.17, 15) is 4.79 Å². The minimum Gasteiger partial charge on any atom is -0.461 e. The Morgan fingerprint density at radius 1 is 1.20 bits per heavy atom. The maximum Gasteiger partial charge on any atom is 0.225 e. The van der Waals surface area contributed by atoms with E-state index in [1.165, 1.54) is 12.8 Å². The van der Waals surface area contributed by atoms with Gasteiger partial charge in [-0.25, -0.2) is 9.97 Å². The van der Waals surface area contributed by atoms with Gasteiger partial charge in [0.15, 0.2) is 0 Å². The Balaban J connectivity index is 1.73. The topological polar surface area (TPSA) is 59.2 Å². The van der Waals surface area contributed by atoms with Crippen molar-refractivity contribution in [2.45, 2.75) is 25.7 Å². The van der Waals surface area contributed by atoms with Crippen LogP contribution in [0.15, 0.2) is 28.9 Å². The molecular weight excluding hydrogens is 254 g/mol. The summed E-state index contributed by atoms with van der Waals surface area (Å²) >= 11 is 0. The van der Waals surface area contributed by atoms with Crippen molar-refractivity contribution in [3.8, 4) is 11.3 Å². The van der Waals surface area contributed by atoms with Crippen molar-refractivity contribution in [1.29, 1.82) is 0 Å². The van der Waals surface area contributed by atoms with Gasteiger partial charge in [0.2, 0.25) is 5.95 Å². The SMILES string of the molecule is O=CCCc1ccc(-c2cnc(N3CCCC3)nc2)o1. The number of hydrogen-bond donors (Lipinski definition) is 0. The monoisotopic (exact) mass is 271 g/mol. The molecule has 5 heteroatoms. The lowest BCUT2D eigenvalue weighted by molar-refractivity contribution is -0.107. The Hall–Kier alpha value is -2.17. The highest BCUT2D eigenvalue weighted by Crippen LogP contribution is 2.23. The third-order valence-corrected chi connectivity index (χ3v) is 3.48. The number of furan rings is 1. The minimum absolute atomic E-state index is 0.483. The molecule has 0 N–H and O–H groups in total. The molecule has 0 atom stereocenters. The number of anilines is 1. The number of carbonyl (C=O) groups excluding carboxylic acids is 1. The van der Waals surface area contributed by atoms with Crippen molar-refractivity contribution in [1.82, 2.24) is 9.97 Å². The van der Waals surface area contributed by atoms with E-state index in [0.29, 0.717) is 12.8 Å². The molecule has 3 rings (SSSR count). The van der Waals surface area contributed by atoms with Gasteiger partial charge in [-0.3, -0.25) is 0 Å². The van der Waals surface area contributed by atoms with Crippen LogP contribution < -0.4 is 4.90 Å². The molecule has 0 radical (unpaired) electrons. The zero-order valence-corrected chi connectivity index (χ0v) is 11.3. The molecule has 1 fully saturated rings. The van der Waals surface area contributed by atoms with Crippen LogP contribution in [0.25, 0.3) is 11.3 Å². The summed E-state index contributed by atoms with van der Waals surface area (Å²) in [5.41, 5.74) is 0.866. The predicted octanol–water partition coefficient (Wildman–Crippen LogP) is 2.47. The smallest absolute Gasteiger partial charge is 0.225 e. The van der Waals surface area contributed by atoms with E-state index in [-0.39, 0.29) is 0 Å². The van der Waals surface area contributed by atoms with Crippen molar-refractivity contribution in [2.75, 3.05) is 18.0 Å². The largest absolute Gasteiger partial charge is 0.461 e. The van der Waals surface area contributed by atoms with Crippen LogP contribution in [-0.2, 0) is 11.2 Å². The van der Waals surface area contributed by atoms with Crippen LogP contribution in [0.1, 0.15) is 25.0 Å². The van der Waals surface area contributed by atoms with Gasteiger partial charge in [0, 0.05) is 38.3 Å². The summed E-state index contributed by atoms with van der Waals surface area (Å²) in [6.45, 7) is 2.08. The first-order chi connectivity index (χ1) is 9.86. The summed E-state index contributed by atoms with van der Waals surface area (Å²) in [5, 5.41) is 0. The Morgan fingerprint density at radius 2 is 1.95 bits per heavy atom. The first-order valence-electron chi connectivity index (χ1n) is 6.96. The summed E-state index contributed by atoms with van der Waals surface area (Å²) in [7, 11) is 0. The average Bonchev–Trinajstić information content (AvgIpc) is 3.17. The van der Waals surface area contributed by atoms with Gasteiger partial charge in [-0.2, -0.15) is 0 Å². The second kappa shape index (κ2) is 5.86. The lowest BCUT2D eigenvalue weighted by atomic mass is 10.2. The highest BCUT2D eigenvalue weighted by Gasteiger charge is 2.15. The van der Waals surface area contributed by atoms with E-state index in [2.05, 4.69) is 14.9 Å². The van der Waals surface area contributed by atoms with Crippen molar-refractivity contribution in [2.24, 2.45) is 0 Å². The fraction of sp³-hybridized carbons (Fsp3) is 0.400. The molecule has 0 bridgehead atoms. The first kappa shape index (κ1) is 12.8. The Kier molecular flexibility index (Phi) is 3.76. The van der Waals surface area contributed by atoms with E-state index in [0.717, 1.165) is 42.4 Å². The van der Waals surface area contributed by atoms with Gasteiger partial charge in [0.25, 0.3) is 0 Å². The number of aryl methyl sites for hydroxylation is 1. The van der Waals surface area contributed by atoms with Crippen molar-refractivity contribution >= 4 is 12.2 Å². The van der Waals surface area contributed by atoms with Gasteiger partial charge in [0.1, 0.15) is 17.8 Å².